The normalized spacial score (nSPS) is 32.3. The fourth-order valence-corrected chi connectivity index (χ4v) is 3.16. The number of carbonyl (C=O) groups is 1. The van der Waals surface area contributed by atoms with Crippen LogP contribution in [0.25, 0.3) is 0 Å². The number of carbonyl (C=O) groups excluding carboxylic acids is 1. The standard InChI is InChI=1S/C14H25NO3/c1-11-9-15(10-12(2)18-11)13(16)8-14(17)6-4-3-5-7-14/h11-12,17H,3-10H2,1-2H3. The van der Waals surface area contributed by atoms with E-state index in [1.165, 1.54) is 6.42 Å². The Morgan fingerprint density at radius 2 is 1.78 bits per heavy atom. The van der Waals surface area contributed by atoms with E-state index < -0.39 is 5.60 Å². The van der Waals surface area contributed by atoms with Crippen molar-refractivity contribution in [2.45, 2.75) is 70.2 Å². The second kappa shape index (κ2) is 5.57. The Kier molecular flexibility index (Phi) is 4.28. The molecule has 0 bridgehead atoms. The highest BCUT2D eigenvalue weighted by atomic mass is 16.5. The molecule has 4 nitrogen and oxygen atoms in total. The first-order chi connectivity index (χ1) is 8.48. The van der Waals surface area contributed by atoms with Crippen molar-refractivity contribution in [3.05, 3.63) is 0 Å². The molecule has 2 fully saturated rings. The summed E-state index contributed by atoms with van der Waals surface area (Å²) in [4.78, 5) is 14.1. The highest BCUT2D eigenvalue weighted by Crippen LogP contribution is 2.31. The van der Waals surface area contributed by atoms with Gasteiger partial charge in [0.25, 0.3) is 0 Å². The van der Waals surface area contributed by atoms with Gasteiger partial charge in [0.05, 0.1) is 24.2 Å². The Labute approximate surface area is 109 Å². The average molecular weight is 255 g/mol. The van der Waals surface area contributed by atoms with Crippen LogP contribution in [0.15, 0.2) is 0 Å². The summed E-state index contributed by atoms with van der Waals surface area (Å²) in [6.45, 7) is 5.29. The van der Waals surface area contributed by atoms with Gasteiger partial charge in [-0.15, -0.1) is 0 Å². The quantitative estimate of drug-likeness (QED) is 0.817. The van der Waals surface area contributed by atoms with Crippen molar-refractivity contribution < 1.29 is 14.6 Å². The maximum absolute atomic E-state index is 12.3. The van der Waals surface area contributed by atoms with E-state index in [4.69, 9.17) is 4.74 Å². The number of morpholine rings is 1. The summed E-state index contributed by atoms with van der Waals surface area (Å²) in [6, 6.07) is 0. The van der Waals surface area contributed by atoms with Gasteiger partial charge in [0.1, 0.15) is 0 Å². The molecule has 2 unspecified atom stereocenters. The number of nitrogens with zero attached hydrogens (tertiary/aromatic N) is 1. The van der Waals surface area contributed by atoms with Gasteiger partial charge in [0.15, 0.2) is 0 Å². The summed E-state index contributed by atoms with van der Waals surface area (Å²) in [5.74, 6) is 0.0846. The van der Waals surface area contributed by atoms with Crippen molar-refractivity contribution in [2.24, 2.45) is 0 Å². The third-order valence-corrected chi connectivity index (χ3v) is 4.04. The maximum Gasteiger partial charge on any atom is 0.225 e. The largest absolute Gasteiger partial charge is 0.389 e. The van der Waals surface area contributed by atoms with Crippen molar-refractivity contribution in [3.8, 4) is 0 Å². The minimum absolute atomic E-state index is 0.0846. The van der Waals surface area contributed by atoms with E-state index in [0.717, 1.165) is 25.7 Å². The fourth-order valence-electron chi connectivity index (χ4n) is 3.16. The molecule has 1 N–H and O–H groups in total. The van der Waals surface area contributed by atoms with Gasteiger partial charge >= 0.3 is 0 Å². The zero-order chi connectivity index (χ0) is 13.2. The van der Waals surface area contributed by atoms with Gasteiger partial charge in [-0.2, -0.15) is 0 Å². The summed E-state index contributed by atoms with van der Waals surface area (Å²) in [5.41, 5.74) is -0.750. The third-order valence-electron chi connectivity index (χ3n) is 4.04. The number of hydrogen-bond donors (Lipinski definition) is 1. The van der Waals surface area contributed by atoms with E-state index in [-0.39, 0.29) is 24.5 Å². The van der Waals surface area contributed by atoms with Crippen LogP contribution in [-0.2, 0) is 9.53 Å². The highest BCUT2D eigenvalue weighted by Gasteiger charge is 2.35. The molecule has 4 heteroatoms. The van der Waals surface area contributed by atoms with Gasteiger partial charge in [-0.3, -0.25) is 4.79 Å². The van der Waals surface area contributed by atoms with E-state index in [9.17, 15) is 9.90 Å². The molecular weight excluding hydrogens is 230 g/mol. The molecule has 1 aliphatic heterocycles. The van der Waals surface area contributed by atoms with Crippen LogP contribution in [0.3, 0.4) is 0 Å². The van der Waals surface area contributed by atoms with Crippen molar-refractivity contribution in [3.63, 3.8) is 0 Å². The maximum atomic E-state index is 12.3. The van der Waals surface area contributed by atoms with Crippen molar-refractivity contribution in [1.29, 1.82) is 0 Å². The van der Waals surface area contributed by atoms with Crippen LogP contribution in [0.4, 0.5) is 0 Å². The van der Waals surface area contributed by atoms with Gasteiger partial charge in [-0.1, -0.05) is 19.3 Å². The second-order valence-corrected chi connectivity index (χ2v) is 6.02. The van der Waals surface area contributed by atoms with E-state index >= 15 is 0 Å². The molecule has 1 amide bonds. The first-order valence-electron chi connectivity index (χ1n) is 7.14. The Bertz CT molecular complexity index is 289. The van der Waals surface area contributed by atoms with Crippen LogP contribution >= 0.6 is 0 Å². The highest BCUT2D eigenvalue weighted by molar-refractivity contribution is 5.77. The number of rotatable bonds is 2. The van der Waals surface area contributed by atoms with Gasteiger partial charge in [0, 0.05) is 13.1 Å². The van der Waals surface area contributed by atoms with Crippen LogP contribution in [0.5, 0.6) is 0 Å². The Morgan fingerprint density at radius 1 is 1.22 bits per heavy atom. The lowest BCUT2D eigenvalue weighted by atomic mass is 9.82. The topological polar surface area (TPSA) is 49.8 Å². The molecule has 0 spiro atoms. The molecule has 2 aliphatic rings. The summed E-state index contributed by atoms with van der Waals surface area (Å²) < 4.78 is 5.63. The molecule has 18 heavy (non-hydrogen) atoms. The summed E-state index contributed by atoms with van der Waals surface area (Å²) in [6.07, 6.45) is 5.29. The molecule has 2 atom stereocenters. The molecule has 2 rings (SSSR count). The minimum atomic E-state index is -0.750. The molecule has 1 saturated carbocycles. The van der Waals surface area contributed by atoms with Crippen LogP contribution in [0.2, 0.25) is 0 Å². The SMILES string of the molecule is CC1CN(C(=O)CC2(O)CCCCC2)CC(C)O1. The van der Waals surface area contributed by atoms with Crippen molar-refractivity contribution in [1.82, 2.24) is 4.90 Å². The van der Waals surface area contributed by atoms with E-state index in [2.05, 4.69) is 0 Å². The smallest absolute Gasteiger partial charge is 0.225 e. The number of aliphatic hydroxyl groups is 1. The van der Waals surface area contributed by atoms with Crippen LogP contribution in [-0.4, -0.2) is 46.8 Å². The molecule has 1 heterocycles. The second-order valence-electron chi connectivity index (χ2n) is 6.02. The summed E-state index contributed by atoms with van der Waals surface area (Å²) in [7, 11) is 0. The molecule has 0 aromatic carbocycles. The fraction of sp³-hybridized carbons (Fsp3) is 0.929. The zero-order valence-electron chi connectivity index (χ0n) is 11.5. The lowest BCUT2D eigenvalue weighted by Gasteiger charge is -2.38. The lowest BCUT2D eigenvalue weighted by Crippen LogP contribution is -2.50. The van der Waals surface area contributed by atoms with Crippen molar-refractivity contribution >= 4 is 5.91 Å². The van der Waals surface area contributed by atoms with Crippen LogP contribution < -0.4 is 0 Å². The predicted octanol–water partition coefficient (Wildman–Crippen LogP) is 1.71. The molecule has 0 radical (unpaired) electrons. The molecule has 1 aliphatic carbocycles. The Balaban J connectivity index is 1.90. The summed E-state index contributed by atoms with van der Waals surface area (Å²) in [5, 5.41) is 10.4. The van der Waals surface area contributed by atoms with Gasteiger partial charge in [0.2, 0.25) is 5.91 Å². The van der Waals surface area contributed by atoms with Crippen molar-refractivity contribution in [2.75, 3.05) is 13.1 Å². The predicted molar refractivity (Wildman–Crippen MR) is 69.2 cm³/mol. The third kappa shape index (κ3) is 3.45. The Morgan fingerprint density at radius 3 is 2.33 bits per heavy atom. The lowest BCUT2D eigenvalue weighted by molar-refractivity contribution is -0.149. The van der Waals surface area contributed by atoms with Gasteiger partial charge in [-0.25, -0.2) is 0 Å². The minimum Gasteiger partial charge on any atom is -0.389 e. The van der Waals surface area contributed by atoms with Crippen LogP contribution in [0, 0.1) is 0 Å². The molecular formula is C14H25NO3. The zero-order valence-corrected chi connectivity index (χ0v) is 11.5. The molecule has 104 valence electrons. The van der Waals surface area contributed by atoms with E-state index in [1.54, 1.807) is 0 Å². The first kappa shape index (κ1) is 13.8. The first-order valence-corrected chi connectivity index (χ1v) is 7.14. The summed E-state index contributed by atoms with van der Waals surface area (Å²) >= 11 is 0. The Hall–Kier alpha value is -0.610. The molecule has 0 aromatic rings. The van der Waals surface area contributed by atoms with E-state index in [0.29, 0.717) is 13.1 Å². The number of amides is 1. The number of hydrogen-bond acceptors (Lipinski definition) is 3. The van der Waals surface area contributed by atoms with Gasteiger partial charge < -0.3 is 14.7 Å². The molecule has 1 saturated heterocycles. The number of ether oxygens (including phenoxy) is 1. The van der Waals surface area contributed by atoms with E-state index in [1.807, 2.05) is 18.7 Å². The molecule has 0 aromatic heterocycles. The monoisotopic (exact) mass is 255 g/mol. The average Bonchev–Trinajstić information content (AvgIpc) is 2.28. The van der Waals surface area contributed by atoms with Gasteiger partial charge in [-0.05, 0) is 26.7 Å². The van der Waals surface area contributed by atoms with Crippen LogP contribution in [0.1, 0.15) is 52.4 Å².